The molecule has 0 unspecified atom stereocenters. The Labute approximate surface area is 140 Å². The number of carbonyl (C=O) groups excluding carboxylic acids is 1. The van der Waals surface area contributed by atoms with Crippen LogP contribution in [0.25, 0.3) is 11.1 Å². The van der Waals surface area contributed by atoms with E-state index in [2.05, 4.69) is 0 Å². The Balaban J connectivity index is 1.86. The monoisotopic (exact) mass is 331 g/mol. The van der Waals surface area contributed by atoms with E-state index in [1.54, 1.807) is 7.11 Å². The fourth-order valence-corrected chi connectivity index (χ4v) is 4.08. The average Bonchev–Trinajstić information content (AvgIpc) is 3.20. The molecule has 0 spiro atoms. The molecule has 0 aliphatic carbocycles. The first kappa shape index (κ1) is 16.0. The number of hydrogen-bond donors (Lipinski definition) is 1. The molecule has 1 saturated heterocycles. The van der Waals surface area contributed by atoms with Gasteiger partial charge in [0, 0.05) is 11.4 Å². The molecule has 2 aromatic rings. The molecule has 4 nitrogen and oxygen atoms in total. The lowest BCUT2D eigenvalue weighted by molar-refractivity contribution is 0.0682. The minimum absolute atomic E-state index is 0.0330. The van der Waals surface area contributed by atoms with Crippen LogP contribution in [0.15, 0.2) is 30.3 Å². The van der Waals surface area contributed by atoms with Gasteiger partial charge in [0.1, 0.15) is 5.75 Å². The molecule has 2 heterocycles. The van der Waals surface area contributed by atoms with Gasteiger partial charge in [-0.2, -0.15) is 0 Å². The fourth-order valence-electron chi connectivity index (χ4n) is 3.08. The number of benzene rings is 1. The summed E-state index contributed by atoms with van der Waals surface area (Å²) in [4.78, 5) is 16.4. The zero-order valence-corrected chi connectivity index (χ0v) is 14.2. The first-order valence-electron chi connectivity index (χ1n) is 7.80. The van der Waals surface area contributed by atoms with Crippen molar-refractivity contribution in [1.29, 1.82) is 0 Å². The highest BCUT2D eigenvalue weighted by atomic mass is 32.1. The minimum Gasteiger partial charge on any atom is -0.497 e. The highest BCUT2D eigenvalue weighted by molar-refractivity contribution is 7.14. The maximum atomic E-state index is 12.7. The Morgan fingerprint density at radius 3 is 2.78 bits per heavy atom. The van der Waals surface area contributed by atoms with Gasteiger partial charge in [-0.3, -0.25) is 4.79 Å². The van der Waals surface area contributed by atoms with E-state index in [1.807, 2.05) is 42.2 Å². The molecular weight excluding hydrogens is 310 g/mol. The number of nitrogens with zero attached hydrogens (tertiary/aromatic N) is 1. The second-order valence-corrected chi connectivity index (χ2v) is 7.04. The minimum atomic E-state index is -0.0330. The standard InChI is InChI=1S/C18H21NO3S/c1-12-16(13-5-7-15(22-2)8-6-13)10-17(23-12)18(21)19-9-3-4-14(19)11-20/h5-8,10,14,20H,3-4,9,11H2,1-2H3/t14-/m1/s1. The molecule has 1 aliphatic heterocycles. The van der Waals surface area contributed by atoms with Gasteiger partial charge < -0.3 is 14.7 Å². The SMILES string of the molecule is COc1ccc(-c2cc(C(=O)N3CCC[C@@H]3CO)sc2C)cc1. The van der Waals surface area contributed by atoms with Crippen LogP contribution in [0.4, 0.5) is 0 Å². The van der Waals surface area contributed by atoms with Crippen LogP contribution in [0, 0.1) is 6.92 Å². The molecule has 1 aromatic carbocycles. The number of aliphatic hydroxyl groups is 1. The predicted molar refractivity (Wildman–Crippen MR) is 92.2 cm³/mol. The second-order valence-electron chi connectivity index (χ2n) is 5.79. The van der Waals surface area contributed by atoms with Crippen molar-refractivity contribution >= 4 is 17.2 Å². The second kappa shape index (κ2) is 6.72. The van der Waals surface area contributed by atoms with Crippen LogP contribution in [0.5, 0.6) is 5.75 Å². The molecule has 0 bridgehead atoms. The molecule has 23 heavy (non-hydrogen) atoms. The van der Waals surface area contributed by atoms with E-state index in [1.165, 1.54) is 11.3 Å². The average molecular weight is 331 g/mol. The summed E-state index contributed by atoms with van der Waals surface area (Å²) in [6.07, 6.45) is 1.85. The van der Waals surface area contributed by atoms with Crippen LogP contribution in [0.3, 0.4) is 0 Å². The van der Waals surface area contributed by atoms with E-state index in [0.717, 1.165) is 46.0 Å². The number of aliphatic hydroxyl groups excluding tert-OH is 1. The Bertz CT molecular complexity index is 693. The molecule has 5 heteroatoms. The number of methoxy groups -OCH3 is 1. The molecule has 1 aromatic heterocycles. The summed E-state index contributed by atoms with van der Waals surface area (Å²) in [7, 11) is 1.65. The van der Waals surface area contributed by atoms with Gasteiger partial charge in [0.2, 0.25) is 0 Å². The Morgan fingerprint density at radius 1 is 1.39 bits per heavy atom. The fraction of sp³-hybridized carbons (Fsp3) is 0.389. The topological polar surface area (TPSA) is 49.8 Å². The number of hydrogen-bond acceptors (Lipinski definition) is 4. The highest BCUT2D eigenvalue weighted by Crippen LogP contribution is 2.33. The van der Waals surface area contributed by atoms with E-state index in [-0.39, 0.29) is 18.6 Å². The van der Waals surface area contributed by atoms with E-state index >= 15 is 0 Å². The molecule has 1 fully saturated rings. The lowest BCUT2D eigenvalue weighted by Gasteiger charge is -2.22. The molecular formula is C18H21NO3S. The van der Waals surface area contributed by atoms with Gasteiger partial charge in [-0.05, 0) is 49.1 Å². The van der Waals surface area contributed by atoms with Crippen molar-refractivity contribution in [3.8, 4) is 16.9 Å². The molecule has 0 radical (unpaired) electrons. The third-order valence-corrected chi connectivity index (χ3v) is 5.42. The smallest absolute Gasteiger partial charge is 0.264 e. The lowest BCUT2D eigenvalue weighted by atomic mass is 10.1. The number of aryl methyl sites for hydroxylation is 1. The van der Waals surface area contributed by atoms with Gasteiger partial charge in [-0.1, -0.05) is 12.1 Å². The van der Waals surface area contributed by atoms with Crippen molar-refractivity contribution < 1.29 is 14.6 Å². The number of amides is 1. The number of thiophene rings is 1. The molecule has 1 N–H and O–H groups in total. The van der Waals surface area contributed by atoms with Crippen molar-refractivity contribution in [3.05, 3.63) is 40.1 Å². The number of likely N-dealkylation sites (tertiary alicyclic amines) is 1. The number of ether oxygens (including phenoxy) is 1. The first-order chi connectivity index (χ1) is 11.1. The van der Waals surface area contributed by atoms with Crippen LogP contribution in [0.2, 0.25) is 0 Å². The Kier molecular flexibility index (Phi) is 4.68. The Morgan fingerprint density at radius 2 is 2.13 bits per heavy atom. The van der Waals surface area contributed by atoms with Gasteiger partial charge in [-0.25, -0.2) is 0 Å². The number of carbonyl (C=O) groups is 1. The van der Waals surface area contributed by atoms with Crippen molar-refractivity contribution in [2.24, 2.45) is 0 Å². The summed E-state index contributed by atoms with van der Waals surface area (Å²) in [5.41, 5.74) is 2.17. The summed E-state index contributed by atoms with van der Waals surface area (Å²) < 4.78 is 5.19. The van der Waals surface area contributed by atoms with Crippen LogP contribution in [-0.4, -0.2) is 42.2 Å². The van der Waals surface area contributed by atoms with Crippen LogP contribution >= 0.6 is 11.3 Å². The van der Waals surface area contributed by atoms with Crippen molar-refractivity contribution in [2.75, 3.05) is 20.3 Å². The van der Waals surface area contributed by atoms with E-state index in [9.17, 15) is 9.90 Å². The Hall–Kier alpha value is -1.85. The maximum Gasteiger partial charge on any atom is 0.264 e. The van der Waals surface area contributed by atoms with Gasteiger partial charge >= 0.3 is 0 Å². The largest absolute Gasteiger partial charge is 0.497 e. The van der Waals surface area contributed by atoms with E-state index in [0.29, 0.717) is 0 Å². The molecule has 122 valence electrons. The van der Waals surface area contributed by atoms with Gasteiger partial charge in [-0.15, -0.1) is 11.3 Å². The zero-order valence-electron chi connectivity index (χ0n) is 13.4. The summed E-state index contributed by atoms with van der Waals surface area (Å²) in [5, 5.41) is 9.42. The van der Waals surface area contributed by atoms with E-state index < -0.39 is 0 Å². The summed E-state index contributed by atoms with van der Waals surface area (Å²) >= 11 is 1.52. The normalized spacial score (nSPS) is 17.5. The lowest BCUT2D eigenvalue weighted by Crippen LogP contribution is -2.37. The predicted octanol–water partition coefficient (Wildman–Crippen LogP) is 3.33. The van der Waals surface area contributed by atoms with E-state index in [4.69, 9.17) is 4.74 Å². The summed E-state index contributed by atoms with van der Waals surface area (Å²) in [6.45, 7) is 2.81. The maximum absolute atomic E-state index is 12.7. The van der Waals surface area contributed by atoms with Crippen molar-refractivity contribution in [2.45, 2.75) is 25.8 Å². The van der Waals surface area contributed by atoms with Crippen LogP contribution in [-0.2, 0) is 0 Å². The van der Waals surface area contributed by atoms with Crippen molar-refractivity contribution in [3.63, 3.8) is 0 Å². The third kappa shape index (κ3) is 3.12. The molecule has 0 saturated carbocycles. The van der Waals surface area contributed by atoms with Crippen LogP contribution < -0.4 is 4.74 Å². The molecule has 1 atom stereocenters. The van der Waals surface area contributed by atoms with Crippen LogP contribution in [0.1, 0.15) is 27.4 Å². The quantitative estimate of drug-likeness (QED) is 0.935. The number of rotatable bonds is 4. The summed E-state index contributed by atoms with van der Waals surface area (Å²) in [6, 6.07) is 9.81. The molecule has 1 aliphatic rings. The highest BCUT2D eigenvalue weighted by Gasteiger charge is 2.30. The van der Waals surface area contributed by atoms with Gasteiger partial charge in [0.15, 0.2) is 0 Å². The zero-order chi connectivity index (χ0) is 16.4. The third-order valence-electron chi connectivity index (χ3n) is 4.38. The summed E-state index contributed by atoms with van der Waals surface area (Å²) in [5.74, 6) is 0.857. The molecule has 1 amide bonds. The first-order valence-corrected chi connectivity index (χ1v) is 8.62. The molecule has 3 rings (SSSR count). The van der Waals surface area contributed by atoms with Gasteiger partial charge in [0.25, 0.3) is 5.91 Å². The van der Waals surface area contributed by atoms with Gasteiger partial charge in [0.05, 0.1) is 24.6 Å². The van der Waals surface area contributed by atoms with Crippen molar-refractivity contribution in [1.82, 2.24) is 4.90 Å².